The Morgan fingerprint density at radius 3 is 1.90 bits per heavy atom. The van der Waals surface area contributed by atoms with Gasteiger partial charge in [0.1, 0.15) is 17.2 Å². The maximum absolute atomic E-state index is 5.57. The lowest BCUT2D eigenvalue weighted by molar-refractivity contribution is 0.281. The smallest absolute Gasteiger partial charge is 0.130 e. The van der Waals surface area contributed by atoms with E-state index in [9.17, 15) is 0 Å². The van der Waals surface area contributed by atoms with Crippen LogP contribution in [0.4, 0.5) is 0 Å². The zero-order valence-corrected chi connectivity index (χ0v) is 14.9. The number of ether oxygens (including phenoxy) is 3. The van der Waals surface area contributed by atoms with Gasteiger partial charge in [-0.25, -0.2) is 0 Å². The van der Waals surface area contributed by atoms with E-state index in [1.165, 1.54) is 25.7 Å². The van der Waals surface area contributed by atoms with E-state index in [-0.39, 0.29) is 4.83 Å². The van der Waals surface area contributed by atoms with E-state index in [1.807, 2.05) is 12.1 Å². The fourth-order valence-electron chi connectivity index (χ4n) is 3.12. The van der Waals surface area contributed by atoms with Gasteiger partial charge < -0.3 is 14.2 Å². The van der Waals surface area contributed by atoms with Gasteiger partial charge in [0.15, 0.2) is 0 Å². The van der Waals surface area contributed by atoms with Crippen LogP contribution in [0.25, 0.3) is 0 Å². The molecule has 3 nitrogen and oxygen atoms in total. The number of hydrogen-bond acceptors (Lipinski definition) is 3. The lowest BCUT2D eigenvalue weighted by atomic mass is 9.80. The van der Waals surface area contributed by atoms with Gasteiger partial charge in [-0.05, 0) is 24.7 Å². The summed E-state index contributed by atoms with van der Waals surface area (Å²) < 4.78 is 16.5. The molecule has 1 fully saturated rings. The highest BCUT2D eigenvalue weighted by atomic mass is 79.9. The first-order valence-corrected chi connectivity index (χ1v) is 8.46. The molecule has 0 radical (unpaired) electrons. The second-order valence-electron chi connectivity index (χ2n) is 5.87. The minimum atomic E-state index is 0.251. The van der Waals surface area contributed by atoms with Crippen molar-refractivity contribution in [3.63, 3.8) is 0 Å². The van der Waals surface area contributed by atoms with Crippen molar-refractivity contribution >= 4 is 15.9 Å². The van der Waals surface area contributed by atoms with E-state index in [2.05, 4.69) is 22.9 Å². The Morgan fingerprint density at radius 2 is 1.48 bits per heavy atom. The maximum Gasteiger partial charge on any atom is 0.130 e. The second kappa shape index (κ2) is 7.39. The molecule has 0 saturated heterocycles. The molecule has 0 amide bonds. The van der Waals surface area contributed by atoms with Crippen LogP contribution in [0, 0.1) is 11.8 Å². The first-order valence-electron chi connectivity index (χ1n) is 7.54. The van der Waals surface area contributed by atoms with Gasteiger partial charge >= 0.3 is 0 Å². The minimum Gasteiger partial charge on any atom is -0.496 e. The van der Waals surface area contributed by atoms with Gasteiger partial charge in [-0.3, -0.25) is 0 Å². The molecule has 0 aromatic heterocycles. The van der Waals surface area contributed by atoms with Crippen molar-refractivity contribution in [2.24, 2.45) is 11.8 Å². The van der Waals surface area contributed by atoms with Crippen LogP contribution in [0.3, 0.4) is 0 Å². The molecule has 1 aliphatic carbocycles. The molecule has 1 aromatic rings. The van der Waals surface area contributed by atoms with Crippen molar-refractivity contribution in [3.05, 3.63) is 17.7 Å². The minimum absolute atomic E-state index is 0.251. The second-order valence-corrected chi connectivity index (χ2v) is 6.85. The Hall–Kier alpha value is -0.900. The van der Waals surface area contributed by atoms with Gasteiger partial charge in [-0.15, -0.1) is 0 Å². The Kier molecular flexibility index (Phi) is 5.80. The van der Waals surface area contributed by atoms with E-state index >= 15 is 0 Å². The zero-order chi connectivity index (χ0) is 15.4. The standard InChI is InChI=1S/C17H25BrO3/c1-11-5-7-12(8-6-11)17(18)16-14(20-3)9-13(19-2)10-15(16)21-4/h9-12,17H,5-8H2,1-4H3. The van der Waals surface area contributed by atoms with Crippen molar-refractivity contribution in [1.82, 2.24) is 0 Å². The summed E-state index contributed by atoms with van der Waals surface area (Å²) in [6.07, 6.45) is 5.09. The molecule has 1 aliphatic rings. The third kappa shape index (κ3) is 3.65. The number of benzene rings is 1. The summed E-state index contributed by atoms with van der Waals surface area (Å²) in [6.45, 7) is 2.34. The summed E-state index contributed by atoms with van der Waals surface area (Å²) in [5.74, 6) is 3.88. The largest absolute Gasteiger partial charge is 0.496 e. The maximum atomic E-state index is 5.57. The van der Waals surface area contributed by atoms with Crippen LogP contribution >= 0.6 is 15.9 Å². The van der Waals surface area contributed by atoms with Crippen molar-refractivity contribution in [3.8, 4) is 17.2 Å². The van der Waals surface area contributed by atoms with E-state index in [4.69, 9.17) is 14.2 Å². The molecule has 0 heterocycles. The topological polar surface area (TPSA) is 27.7 Å². The average molecular weight is 357 g/mol. The summed E-state index contributed by atoms with van der Waals surface area (Å²) in [5.41, 5.74) is 1.10. The molecule has 0 spiro atoms. The molecule has 118 valence electrons. The average Bonchev–Trinajstić information content (AvgIpc) is 2.53. The van der Waals surface area contributed by atoms with Crippen LogP contribution < -0.4 is 14.2 Å². The zero-order valence-electron chi connectivity index (χ0n) is 13.3. The van der Waals surface area contributed by atoms with E-state index < -0.39 is 0 Å². The van der Waals surface area contributed by atoms with Crippen LogP contribution in [-0.2, 0) is 0 Å². The van der Waals surface area contributed by atoms with Crippen molar-refractivity contribution < 1.29 is 14.2 Å². The third-order valence-electron chi connectivity index (χ3n) is 4.50. The molecule has 1 atom stereocenters. The van der Waals surface area contributed by atoms with Gasteiger partial charge in [-0.2, -0.15) is 0 Å². The summed E-state index contributed by atoms with van der Waals surface area (Å²) in [7, 11) is 5.04. The summed E-state index contributed by atoms with van der Waals surface area (Å²) in [6, 6.07) is 3.86. The number of methoxy groups -OCH3 is 3. The molecule has 0 aliphatic heterocycles. The van der Waals surface area contributed by atoms with Crippen molar-refractivity contribution in [1.29, 1.82) is 0 Å². The fraction of sp³-hybridized carbons (Fsp3) is 0.647. The molecular formula is C17H25BrO3. The normalized spacial score (nSPS) is 23.5. The molecule has 21 heavy (non-hydrogen) atoms. The molecule has 1 aromatic carbocycles. The highest BCUT2D eigenvalue weighted by Crippen LogP contribution is 2.49. The summed E-state index contributed by atoms with van der Waals surface area (Å²) in [5, 5.41) is 0. The van der Waals surface area contributed by atoms with E-state index in [0.29, 0.717) is 5.92 Å². The highest BCUT2D eigenvalue weighted by molar-refractivity contribution is 9.09. The van der Waals surface area contributed by atoms with Crippen molar-refractivity contribution in [2.75, 3.05) is 21.3 Å². The summed E-state index contributed by atoms with van der Waals surface area (Å²) in [4.78, 5) is 0.251. The molecule has 0 N–H and O–H groups in total. The van der Waals surface area contributed by atoms with Gasteiger partial charge in [-0.1, -0.05) is 35.7 Å². The SMILES string of the molecule is COc1cc(OC)c(C(Br)C2CCC(C)CC2)c(OC)c1. The molecule has 4 heteroatoms. The van der Waals surface area contributed by atoms with Crippen LogP contribution in [0.1, 0.15) is 43.0 Å². The van der Waals surface area contributed by atoms with Crippen LogP contribution in [0.5, 0.6) is 17.2 Å². The lowest BCUT2D eigenvalue weighted by Gasteiger charge is -2.31. The van der Waals surface area contributed by atoms with Gasteiger partial charge in [0.05, 0.1) is 26.9 Å². The lowest BCUT2D eigenvalue weighted by Crippen LogP contribution is -2.17. The quantitative estimate of drug-likeness (QED) is 0.696. The number of alkyl halides is 1. The first-order chi connectivity index (χ1) is 10.1. The van der Waals surface area contributed by atoms with Crippen molar-refractivity contribution in [2.45, 2.75) is 37.4 Å². The predicted molar refractivity (Wildman–Crippen MR) is 88.9 cm³/mol. The van der Waals surface area contributed by atoms with Crippen LogP contribution in [0.15, 0.2) is 12.1 Å². The highest BCUT2D eigenvalue weighted by Gasteiger charge is 2.30. The van der Waals surface area contributed by atoms with Crippen LogP contribution in [0.2, 0.25) is 0 Å². The molecule has 1 saturated carbocycles. The summed E-state index contributed by atoms with van der Waals surface area (Å²) >= 11 is 3.90. The Labute approximate surface area is 136 Å². The van der Waals surface area contributed by atoms with E-state index in [0.717, 1.165) is 28.7 Å². The Morgan fingerprint density at radius 1 is 0.952 bits per heavy atom. The molecule has 1 unspecified atom stereocenters. The number of rotatable bonds is 5. The third-order valence-corrected chi connectivity index (χ3v) is 5.71. The molecular weight excluding hydrogens is 332 g/mol. The van der Waals surface area contributed by atoms with Gasteiger partial charge in [0.2, 0.25) is 0 Å². The number of hydrogen-bond donors (Lipinski definition) is 0. The molecule has 2 rings (SSSR count). The Balaban J connectivity index is 2.32. The monoisotopic (exact) mass is 356 g/mol. The van der Waals surface area contributed by atoms with Gasteiger partial charge in [0.25, 0.3) is 0 Å². The predicted octanol–water partition coefficient (Wildman–Crippen LogP) is 4.97. The van der Waals surface area contributed by atoms with Crippen LogP contribution in [-0.4, -0.2) is 21.3 Å². The molecule has 0 bridgehead atoms. The fourth-order valence-corrected chi connectivity index (χ4v) is 4.10. The first kappa shape index (κ1) is 16.5. The Bertz CT molecular complexity index is 442. The number of halogens is 1. The van der Waals surface area contributed by atoms with E-state index in [1.54, 1.807) is 21.3 Å². The van der Waals surface area contributed by atoms with Gasteiger partial charge in [0, 0.05) is 17.0 Å².